The van der Waals surface area contributed by atoms with E-state index in [0.717, 1.165) is 12.0 Å². The van der Waals surface area contributed by atoms with Crippen LogP contribution in [0.1, 0.15) is 23.0 Å². The van der Waals surface area contributed by atoms with E-state index >= 15 is 0 Å². The molecule has 0 fully saturated rings. The van der Waals surface area contributed by atoms with Gasteiger partial charge in [-0.15, -0.1) is 0 Å². The number of pyridine rings is 1. The van der Waals surface area contributed by atoms with E-state index < -0.39 is 5.97 Å². The maximum Gasteiger partial charge on any atom is 0.358 e. The van der Waals surface area contributed by atoms with Crippen molar-refractivity contribution in [2.24, 2.45) is 0 Å². The molecule has 0 amide bonds. The Kier molecular flexibility index (Phi) is 4.20. The fourth-order valence-electron chi connectivity index (χ4n) is 1.77. The van der Waals surface area contributed by atoms with Crippen molar-refractivity contribution in [3.8, 4) is 17.2 Å². The lowest BCUT2D eigenvalue weighted by Crippen LogP contribution is -2.03. The van der Waals surface area contributed by atoms with Crippen molar-refractivity contribution >= 4 is 5.97 Å². The van der Waals surface area contributed by atoms with E-state index in [9.17, 15) is 4.79 Å². The van der Waals surface area contributed by atoms with Crippen LogP contribution in [0.15, 0.2) is 36.5 Å². The summed E-state index contributed by atoms with van der Waals surface area (Å²) in [6.45, 7) is 2.04. The summed E-state index contributed by atoms with van der Waals surface area (Å²) in [6, 6.07) is 8.72. The number of carboxylic acids is 1. The zero-order valence-electron chi connectivity index (χ0n) is 11.3. The number of carboxylic acid groups (broad SMARTS) is 1. The number of ether oxygens (including phenoxy) is 2. The van der Waals surface area contributed by atoms with Gasteiger partial charge in [0, 0.05) is 6.20 Å². The molecule has 0 aliphatic heterocycles. The van der Waals surface area contributed by atoms with Crippen LogP contribution in [0.4, 0.5) is 0 Å². The highest BCUT2D eigenvalue weighted by Crippen LogP contribution is 2.33. The number of hydrogen-bond acceptors (Lipinski definition) is 4. The van der Waals surface area contributed by atoms with Gasteiger partial charge in [0.05, 0.1) is 7.11 Å². The maximum absolute atomic E-state index is 11.1. The van der Waals surface area contributed by atoms with Crippen molar-refractivity contribution in [3.63, 3.8) is 0 Å². The molecule has 1 heterocycles. The smallest absolute Gasteiger partial charge is 0.358 e. The second-order valence-corrected chi connectivity index (χ2v) is 4.10. The first-order chi connectivity index (χ1) is 9.65. The van der Waals surface area contributed by atoms with Crippen LogP contribution in [0, 0.1) is 0 Å². The number of nitrogens with zero attached hydrogens (tertiary/aromatic N) is 1. The Labute approximate surface area is 116 Å². The molecule has 1 aromatic heterocycles. The van der Waals surface area contributed by atoms with Crippen LogP contribution >= 0.6 is 0 Å². The highest BCUT2D eigenvalue weighted by molar-refractivity contribution is 5.88. The Morgan fingerprint density at radius 1 is 1.25 bits per heavy atom. The van der Waals surface area contributed by atoms with E-state index in [1.54, 1.807) is 25.3 Å². The number of carbonyl (C=O) groups is 1. The molecule has 104 valence electrons. The van der Waals surface area contributed by atoms with Crippen molar-refractivity contribution in [3.05, 3.63) is 47.8 Å². The van der Waals surface area contributed by atoms with E-state index in [1.807, 2.05) is 19.1 Å². The molecule has 0 saturated carbocycles. The molecule has 0 unspecified atom stereocenters. The highest BCUT2D eigenvalue weighted by Gasteiger charge is 2.15. The third-order valence-corrected chi connectivity index (χ3v) is 2.83. The van der Waals surface area contributed by atoms with Gasteiger partial charge in [0.1, 0.15) is 0 Å². The lowest BCUT2D eigenvalue weighted by atomic mass is 10.1. The normalized spacial score (nSPS) is 10.1. The second-order valence-electron chi connectivity index (χ2n) is 4.10. The van der Waals surface area contributed by atoms with E-state index in [-0.39, 0.29) is 11.4 Å². The van der Waals surface area contributed by atoms with Gasteiger partial charge < -0.3 is 14.6 Å². The van der Waals surface area contributed by atoms with E-state index in [4.69, 9.17) is 14.6 Å². The topological polar surface area (TPSA) is 68.7 Å². The van der Waals surface area contributed by atoms with Crippen molar-refractivity contribution in [2.75, 3.05) is 7.11 Å². The van der Waals surface area contributed by atoms with E-state index in [1.165, 1.54) is 6.20 Å². The summed E-state index contributed by atoms with van der Waals surface area (Å²) in [5.74, 6) is 0.0667. The molecule has 0 aliphatic rings. The molecule has 0 radical (unpaired) electrons. The Bertz CT molecular complexity index is 625. The zero-order valence-corrected chi connectivity index (χ0v) is 11.3. The van der Waals surface area contributed by atoms with Gasteiger partial charge >= 0.3 is 5.97 Å². The molecule has 0 saturated heterocycles. The molecule has 20 heavy (non-hydrogen) atoms. The SMILES string of the molecule is CCc1ccc(Oc2cccnc2C(=O)O)c(OC)c1. The van der Waals surface area contributed by atoms with Crippen molar-refractivity contribution in [1.82, 2.24) is 4.98 Å². The molecule has 1 N–H and O–H groups in total. The third-order valence-electron chi connectivity index (χ3n) is 2.83. The number of aromatic nitrogens is 1. The Hall–Kier alpha value is -2.56. The lowest BCUT2D eigenvalue weighted by Gasteiger charge is -2.12. The summed E-state index contributed by atoms with van der Waals surface area (Å²) in [5.41, 5.74) is 0.980. The van der Waals surface area contributed by atoms with Gasteiger partial charge in [0.15, 0.2) is 22.9 Å². The summed E-state index contributed by atoms with van der Waals surface area (Å²) in [4.78, 5) is 14.9. The summed E-state index contributed by atoms with van der Waals surface area (Å²) in [6.07, 6.45) is 2.29. The Morgan fingerprint density at radius 3 is 2.70 bits per heavy atom. The number of aryl methyl sites for hydroxylation is 1. The lowest BCUT2D eigenvalue weighted by molar-refractivity contribution is 0.0687. The molecule has 0 spiro atoms. The average Bonchev–Trinajstić information content (AvgIpc) is 2.48. The highest BCUT2D eigenvalue weighted by atomic mass is 16.5. The minimum atomic E-state index is -1.13. The average molecular weight is 273 g/mol. The first kappa shape index (κ1) is 13.9. The van der Waals surface area contributed by atoms with Gasteiger partial charge in [-0.2, -0.15) is 0 Å². The molecule has 0 atom stereocenters. The summed E-state index contributed by atoms with van der Waals surface area (Å²) >= 11 is 0. The van der Waals surface area contributed by atoms with E-state index in [2.05, 4.69) is 4.98 Å². The molecule has 2 aromatic rings. The molecule has 2 rings (SSSR count). The molecule has 0 aliphatic carbocycles. The molecule has 5 heteroatoms. The molecule has 1 aromatic carbocycles. The predicted octanol–water partition coefficient (Wildman–Crippen LogP) is 3.14. The quantitative estimate of drug-likeness (QED) is 0.906. The van der Waals surface area contributed by atoms with Gasteiger partial charge in [-0.1, -0.05) is 13.0 Å². The second kappa shape index (κ2) is 6.06. The number of aromatic carboxylic acids is 1. The number of benzene rings is 1. The van der Waals surface area contributed by atoms with Gasteiger partial charge in [0.2, 0.25) is 0 Å². The largest absolute Gasteiger partial charge is 0.493 e. The standard InChI is InChI=1S/C15H15NO4/c1-3-10-6-7-11(13(9-10)19-2)20-12-5-4-8-16-14(12)15(17)18/h4-9H,3H2,1-2H3,(H,17,18). The first-order valence-corrected chi connectivity index (χ1v) is 6.18. The Morgan fingerprint density at radius 2 is 2.05 bits per heavy atom. The van der Waals surface area contributed by atoms with E-state index in [0.29, 0.717) is 11.5 Å². The van der Waals surface area contributed by atoms with Crippen molar-refractivity contribution < 1.29 is 19.4 Å². The summed E-state index contributed by atoms with van der Waals surface area (Å²) in [7, 11) is 1.54. The van der Waals surface area contributed by atoms with Crippen molar-refractivity contribution in [1.29, 1.82) is 0 Å². The summed E-state index contributed by atoms with van der Waals surface area (Å²) < 4.78 is 10.9. The van der Waals surface area contributed by atoms with Gasteiger partial charge in [-0.3, -0.25) is 0 Å². The summed E-state index contributed by atoms with van der Waals surface area (Å²) in [5, 5.41) is 9.08. The van der Waals surface area contributed by atoms with Crippen LogP contribution in [0.25, 0.3) is 0 Å². The predicted molar refractivity (Wildman–Crippen MR) is 73.6 cm³/mol. The fraction of sp³-hybridized carbons (Fsp3) is 0.200. The van der Waals surface area contributed by atoms with Crippen LogP contribution < -0.4 is 9.47 Å². The number of rotatable bonds is 5. The van der Waals surface area contributed by atoms with Crippen molar-refractivity contribution in [2.45, 2.75) is 13.3 Å². The number of hydrogen-bond donors (Lipinski definition) is 1. The fourth-order valence-corrected chi connectivity index (χ4v) is 1.77. The van der Waals surface area contributed by atoms with Gasteiger partial charge in [0.25, 0.3) is 0 Å². The Balaban J connectivity index is 2.37. The third kappa shape index (κ3) is 2.88. The van der Waals surface area contributed by atoms with Gasteiger partial charge in [-0.05, 0) is 36.2 Å². The molecular formula is C15H15NO4. The molecular weight excluding hydrogens is 258 g/mol. The molecule has 0 bridgehead atoms. The first-order valence-electron chi connectivity index (χ1n) is 6.18. The monoisotopic (exact) mass is 273 g/mol. The van der Waals surface area contributed by atoms with Crippen LogP contribution in [-0.4, -0.2) is 23.2 Å². The maximum atomic E-state index is 11.1. The minimum absolute atomic E-state index is 0.130. The number of methoxy groups -OCH3 is 1. The van der Waals surface area contributed by atoms with Crippen LogP contribution in [-0.2, 0) is 6.42 Å². The minimum Gasteiger partial charge on any atom is -0.493 e. The van der Waals surface area contributed by atoms with Crippen LogP contribution in [0.3, 0.4) is 0 Å². The van der Waals surface area contributed by atoms with Crippen LogP contribution in [0.2, 0.25) is 0 Å². The molecule has 5 nitrogen and oxygen atoms in total. The van der Waals surface area contributed by atoms with Crippen LogP contribution in [0.5, 0.6) is 17.2 Å². The van der Waals surface area contributed by atoms with Gasteiger partial charge in [-0.25, -0.2) is 9.78 Å². The zero-order chi connectivity index (χ0) is 14.5.